The molecule has 0 saturated heterocycles. The number of benzene rings is 1. The first-order valence-corrected chi connectivity index (χ1v) is 5.80. The molecule has 2 N–H and O–H groups in total. The van der Waals surface area contributed by atoms with E-state index < -0.39 is 0 Å². The second kappa shape index (κ2) is 3.94. The van der Waals surface area contributed by atoms with Crippen LogP contribution in [0.2, 0.25) is 0 Å². The van der Waals surface area contributed by atoms with Gasteiger partial charge >= 0.3 is 0 Å². The summed E-state index contributed by atoms with van der Waals surface area (Å²) >= 11 is 1.66. The molecule has 3 aromatic rings. The smallest absolute Gasteiger partial charge is 0.184 e. The Morgan fingerprint density at radius 2 is 2.25 bits per heavy atom. The van der Waals surface area contributed by atoms with Crippen LogP contribution in [0.3, 0.4) is 0 Å². The van der Waals surface area contributed by atoms with Crippen LogP contribution < -0.4 is 5.32 Å². The highest BCUT2D eigenvalue weighted by Gasteiger charge is 2.02. The van der Waals surface area contributed by atoms with Gasteiger partial charge in [-0.1, -0.05) is 23.5 Å². The van der Waals surface area contributed by atoms with E-state index in [-0.39, 0.29) is 0 Å². The van der Waals surface area contributed by atoms with Crippen molar-refractivity contribution in [1.29, 1.82) is 0 Å². The Kier molecular flexibility index (Phi) is 2.30. The number of fused-ring (bicyclic) bond motifs is 1. The topological polar surface area (TPSA) is 53.6 Å². The van der Waals surface area contributed by atoms with E-state index in [1.807, 2.05) is 18.2 Å². The third kappa shape index (κ3) is 1.77. The van der Waals surface area contributed by atoms with Gasteiger partial charge < -0.3 is 10.3 Å². The number of thiazole rings is 1. The fraction of sp³-hybridized carbons (Fsp3) is 0.0909. The van der Waals surface area contributed by atoms with E-state index in [1.54, 1.807) is 23.9 Å². The summed E-state index contributed by atoms with van der Waals surface area (Å²) in [6, 6.07) is 8.13. The summed E-state index contributed by atoms with van der Waals surface area (Å²) in [5, 5.41) is 4.21. The van der Waals surface area contributed by atoms with Crippen LogP contribution in [0.1, 0.15) is 5.69 Å². The van der Waals surface area contributed by atoms with Crippen molar-refractivity contribution in [2.45, 2.75) is 6.54 Å². The largest absolute Gasteiger partial charge is 0.356 e. The van der Waals surface area contributed by atoms with Gasteiger partial charge in [-0.25, -0.2) is 9.97 Å². The summed E-state index contributed by atoms with van der Waals surface area (Å²) in [7, 11) is 0. The number of nitrogens with zero attached hydrogens (tertiary/aromatic N) is 2. The van der Waals surface area contributed by atoms with Crippen molar-refractivity contribution in [3.63, 3.8) is 0 Å². The van der Waals surface area contributed by atoms with E-state index in [2.05, 4.69) is 26.3 Å². The molecule has 2 heterocycles. The minimum Gasteiger partial charge on any atom is -0.356 e. The number of para-hydroxylation sites is 1. The molecule has 3 rings (SSSR count). The van der Waals surface area contributed by atoms with Crippen LogP contribution in [0, 0.1) is 0 Å². The third-order valence-electron chi connectivity index (χ3n) is 2.28. The molecule has 1 aromatic carbocycles. The van der Waals surface area contributed by atoms with Gasteiger partial charge in [-0.3, -0.25) is 0 Å². The fourth-order valence-electron chi connectivity index (χ4n) is 1.50. The predicted molar refractivity (Wildman–Crippen MR) is 65.5 cm³/mol. The predicted octanol–water partition coefficient (Wildman–Crippen LogP) is 2.63. The molecule has 0 aliphatic carbocycles. The average Bonchev–Trinajstić information content (AvgIpc) is 2.95. The lowest BCUT2D eigenvalue weighted by atomic mass is 10.3. The number of hydrogen-bond donors (Lipinski definition) is 2. The maximum absolute atomic E-state index is 4.49. The fourth-order valence-corrected chi connectivity index (χ4v) is 2.36. The van der Waals surface area contributed by atoms with E-state index in [0.29, 0.717) is 0 Å². The number of imidazole rings is 1. The van der Waals surface area contributed by atoms with Crippen LogP contribution in [-0.4, -0.2) is 15.0 Å². The average molecular weight is 230 g/mol. The molecule has 80 valence electrons. The molecule has 0 unspecified atom stereocenters. The summed E-state index contributed by atoms with van der Waals surface area (Å²) in [6.45, 7) is 0.722. The van der Waals surface area contributed by atoms with Gasteiger partial charge in [-0.2, -0.15) is 0 Å². The van der Waals surface area contributed by atoms with Crippen LogP contribution in [0.25, 0.3) is 10.2 Å². The van der Waals surface area contributed by atoms with E-state index >= 15 is 0 Å². The summed E-state index contributed by atoms with van der Waals surface area (Å²) in [5.41, 5.74) is 2.10. The molecule has 0 saturated carbocycles. The van der Waals surface area contributed by atoms with Crippen LogP contribution >= 0.6 is 11.3 Å². The molecule has 2 aromatic heterocycles. The van der Waals surface area contributed by atoms with Gasteiger partial charge in [-0.15, -0.1) is 0 Å². The van der Waals surface area contributed by atoms with Crippen LogP contribution in [0.15, 0.2) is 36.8 Å². The number of aromatic amines is 1. The van der Waals surface area contributed by atoms with Crippen molar-refractivity contribution in [2.75, 3.05) is 5.32 Å². The lowest BCUT2D eigenvalue weighted by Gasteiger charge is -1.97. The molecule has 0 radical (unpaired) electrons. The lowest BCUT2D eigenvalue weighted by molar-refractivity contribution is 1.07. The second-order valence-electron chi connectivity index (χ2n) is 3.42. The van der Waals surface area contributed by atoms with Gasteiger partial charge in [0.1, 0.15) is 0 Å². The molecular weight excluding hydrogens is 220 g/mol. The van der Waals surface area contributed by atoms with Gasteiger partial charge in [0.2, 0.25) is 0 Å². The zero-order valence-electron chi connectivity index (χ0n) is 8.47. The van der Waals surface area contributed by atoms with E-state index in [4.69, 9.17) is 0 Å². The van der Waals surface area contributed by atoms with Gasteiger partial charge in [0.15, 0.2) is 5.13 Å². The Bertz CT molecular complexity index is 552. The first kappa shape index (κ1) is 9.35. The zero-order chi connectivity index (χ0) is 10.8. The Balaban J connectivity index is 1.79. The maximum atomic E-state index is 4.49. The van der Waals surface area contributed by atoms with E-state index in [1.165, 1.54) is 4.70 Å². The molecule has 4 nitrogen and oxygen atoms in total. The highest BCUT2D eigenvalue weighted by molar-refractivity contribution is 7.22. The third-order valence-corrected chi connectivity index (χ3v) is 3.27. The van der Waals surface area contributed by atoms with E-state index in [0.717, 1.165) is 22.9 Å². The molecule has 0 fully saturated rings. The molecule has 0 bridgehead atoms. The molecule has 0 aliphatic rings. The normalized spacial score (nSPS) is 10.8. The molecule has 5 heteroatoms. The minimum absolute atomic E-state index is 0.722. The maximum Gasteiger partial charge on any atom is 0.184 e. The number of anilines is 1. The van der Waals surface area contributed by atoms with Gasteiger partial charge in [0.05, 0.1) is 28.8 Å². The van der Waals surface area contributed by atoms with Gasteiger partial charge in [0.25, 0.3) is 0 Å². The number of aromatic nitrogens is 3. The quantitative estimate of drug-likeness (QED) is 0.727. The van der Waals surface area contributed by atoms with Crippen molar-refractivity contribution < 1.29 is 0 Å². The summed E-state index contributed by atoms with van der Waals surface area (Å²) in [6.07, 6.45) is 3.48. The van der Waals surface area contributed by atoms with Crippen molar-refractivity contribution in [2.24, 2.45) is 0 Å². The first-order valence-electron chi connectivity index (χ1n) is 4.98. The number of rotatable bonds is 3. The zero-order valence-corrected chi connectivity index (χ0v) is 9.29. The van der Waals surface area contributed by atoms with Crippen LogP contribution in [0.4, 0.5) is 5.13 Å². The Morgan fingerprint density at radius 1 is 1.31 bits per heavy atom. The van der Waals surface area contributed by atoms with Gasteiger partial charge in [-0.05, 0) is 12.1 Å². The standard InChI is InChI=1S/C11H10N4S/c1-2-4-10-9(3-1)15-11(16-10)13-6-8-5-12-7-14-8/h1-5,7H,6H2,(H,12,14)(H,13,15). The van der Waals surface area contributed by atoms with Crippen LogP contribution in [-0.2, 0) is 6.54 Å². The second-order valence-corrected chi connectivity index (χ2v) is 4.45. The van der Waals surface area contributed by atoms with Crippen molar-refractivity contribution in [1.82, 2.24) is 15.0 Å². The monoisotopic (exact) mass is 230 g/mol. The van der Waals surface area contributed by atoms with Gasteiger partial charge in [0, 0.05) is 6.20 Å². The van der Waals surface area contributed by atoms with Crippen molar-refractivity contribution in [3.05, 3.63) is 42.5 Å². The SMILES string of the molecule is c1ccc2sc(NCc3cnc[nH]3)nc2c1. The van der Waals surface area contributed by atoms with Crippen molar-refractivity contribution in [3.8, 4) is 0 Å². The Morgan fingerprint density at radius 3 is 3.06 bits per heavy atom. The molecule has 0 aliphatic heterocycles. The first-order chi connectivity index (χ1) is 7.92. The highest BCUT2D eigenvalue weighted by Crippen LogP contribution is 2.25. The highest BCUT2D eigenvalue weighted by atomic mass is 32.1. The summed E-state index contributed by atoms with van der Waals surface area (Å²) < 4.78 is 1.20. The summed E-state index contributed by atoms with van der Waals surface area (Å²) in [5.74, 6) is 0. The molecule has 0 spiro atoms. The Labute approximate surface area is 96.4 Å². The lowest BCUT2D eigenvalue weighted by Crippen LogP contribution is -1.98. The molecular formula is C11H10N4S. The molecule has 16 heavy (non-hydrogen) atoms. The van der Waals surface area contributed by atoms with E-state index in [9.17, 15) is 0 Å². The Hall–Kier alpha value is -1.88. The molecule has 0 atom stereocenters. The van der Waals surface area contributed by atoms with Crippen LogP contribution in [0.5, 0.6) is 0 Å². The van der Waals surface area contributed by atoms with Crippen molar-refractivity contribution >= 4 is 26.7 Å². The molecule has 0 amide bonds. The number of nitrogens with one attached hydrogen (secondary N) is 2. The number of H-pyrrole nitrogens is 1. The summed E-state index contributed by atoms with van der Waals surface area (Å²) in [4.78, 5) is 11.5. The minimum atomic E-state index is 0.722. The number of hydrogen-bond acceptors (Lipinski definition) is 4.